The number of nitrogens with zero attached hydrogens (tertiary/aromatic N) is 2. The lowest BCUT2D eigenvalue weighted by molar-refractivity contribution is 0.0977. The maximum absolute atomic E-state index is 12.9. The topological polar surface area (TPSA) is 84.8 Å². The average molecular weight is 416 g/mol. The molecule has 158 valence electrons. The van der Waals surface area contributed by atoms with E-state index in [1.54, 1.807) is 12.4 Å². The predicted molar refractivity (Wildman–Crippen MR) is 120 cm³/mol. The van der Waals surface area contributed by atoms with Crippen LogP contribution < -0.4 is 20.1 Å². The molecule has 0 aliphatic carbocycles. The van der Waals surface area contributed by atoms with Crippen molar-refractivity contribution in [2.45, 2.75) is 20.4 Å². The molecule has 7 heteroatoms. The van der Waals surface area contributed by atoms with E-state index in [9.17, 15) is 4.79 Å². The largest absolute Gasteiger partial charge is 0.486 e. The van der Waals surface area contributed by atoms with Crippen molar-refractivity contribution >= 4 is 17.6 Å². The summed E-state index contributed by atoms with van der Waals surface area (Å²) < 4.78 is 11.2. The summed E-state index contributed by atoms with van der Waals surface area (Å²) >= 11 is 0. The number of aryl methyl sites for hydroxylation is 2. The molecule has 2 N–H and O–H groups in total. The van der Waals surface area contributed by atoms with Gasteiger partial charge < -0.3 is 14.8 Å². The van der Waals surface area contributed by atoms with E-state index in [4.69, 9.17) is 9.47 Å². The number of hydrogen-bond donors (Lipinski definition) is 2. The molecule has 1 amide bonds. The van der Waals surface area contributed by atoms with Gasteiger partial charge in [0.1, 0.15) is 13.2 Å². The van der Waals surface area contributed by atoms with E-state index < -0.39 is 0 Å². The molecule has 1 aliphatic rings. The predicted octanol–water partition coefficient (Wildman–Crippen LogP) is 3.87. The summed E-state index contributed by atoms with van der Waals surface area (Å²) in [5.41, 5.74) is 4.49. The fourth-order valence-corrected chi connectivity index (χ4v) is 3.09. The molecular formula is C24H24N4O3. The molecule has 3 aromatic rings. The first-order valence-electron chi connectivity index (χ1n) is 10.1. The van der Waals surface area contributed by atoms with Gasteiger partial charge in [0.15, 0.2) is 11.5 Å². The number of anilines is 1. The van der Waals surface area contributed by atoms with Gasteiger partial charge in [-0.2, -0.15) is 0 Å². The Hall–Kier alpha value is -3.87. The number of carbonyl (C=O) groups excluding carboxylic acids is 1. The van der Waals surface area contributed by atoms with Crippen LogP contribution in [-0.4, -0.2) is 30.1 Å². The van der Waals surface area contributed by atoms with Crippen LogP contribution in [0.1, 0.15) is 27.0 Å². The van der Waals surface area contributed by atoms with Crippen molar-refractivity contribution in [2.75, 3.05) is 18.5 Å². The average Bonchev–Trinajstić information content (AvgIpc) is 2.80. The third kappa shape index (κ3) is 5.19. The molecule has 2 heterocycles. The first-order valence-corrected chi connectivity index (χ1v) is 10.1. The molecule has 0 atom stereocenters. The van der Waals surface area contributed by atoms with Crippen molar-refractivity contribution < 1.29 is 14.3 Å². The number of ether oxygens (including phenoxy) is 2. The number of aromatic nitrogens is 1. The number of aliphatic imine (C=N–C) groups is 1. The van der Waals surface area contributed by atoms with Crippen molar-refractivity contribution in [3.8, 4) is 11.5 Å². The molecule has 1 aromatic heterocycles. The number of carbonyl (C=O) groups is 1. The summed E-state index contributed by atoms with van der Waals surface area (Å²) in [6.07, 6.45) is 3.43. The highest BCUT2D eigenvalue weighted by Crippen LogP contribution is 2.32. The number of pyridine rings is 1. The van der Waals surface area contributed by atoms with Gasteiger partial charge in [0.2, 0.25) is 5.96 Å². The second-order valence-corrected chi connectivity index (χ2v) is 7.26. The second-order valence-electron chi connectivity index (χ2n) is 7.26. The standard InChI is InChI=1S/C24H24N4O3/c1-16-3-4-19(13-17(16)2)23(29)28-24(26-15-18-7-9-25-10-8-18)27-20-5-6-21-22(14-20)31-12-11-30-21/h3-10,13-14H,11-12,15H2,1-2H3,(H2,26,27,28,29). The highest BCUT2D eigenvalue weighted by atomic mass is 16.6. The number of fused-ring (bicyclic) bond motifs is 1. The zero-order valence-corrected chi connectivity index (χ0v) is 17.5. The fraction of sp³-hybridized carbons (Fsp3) is 0.208. The minimum atomic E-state index is -0.235. The Morgan fingerprint density at radius 3 is 2.52 bits per heavy atom. The van der Waals surface area contributed by atoms with E-state index in [0.717, 1.165) is 22.4 Å². The van der Waals surface area contributed by atoms with Crippen LogP contribution in [-0.2, 0) is 6.54 Å². The molecule has 0 unspecified atom stereocenters. The highest BCUT2D eigenvalue weighted by Gasteiger charge is 2.14. The van der Waals surface area contributed by atoms with Gasteiger partial charge in [-0.25, -0.2) is 4.99 Å². The number of guanidine groups is 1. The van der Waals surface area contributed by atoms with Crippen molar-refractivity contribution in [1.29, 1.82) is 0 Å². The van der Waals surface area contributed by atoms with Crippen LogP contribution in [0.5, 0.6) is 11.5 Å². The van der Waals surface area contributed by atoms with Gasteiger partial charge in [-0.3, -0.25) is 15.1 Å². The van der Waals surface area contributed by atoms with Gasteiger partial charge in [-0.05, 0) is 66.9 Å². The Morgan fingerprint density at radius 2 is 1.74 bits per heavy atom. The van der Waals surface area contributed by atoms with E-state index in [-0.39, 0.29) is 5.91 Å². The quantitative estimate of drug-likeness (QED) is 0.498. The number of hydrogen-bond acceptors (Lipinski definition) is 5. The molecular weight excluding hydrogens is 392 g/mol. The minimum Gasteiger partial charge on any atom is -0.486 e. The number of amides is 1. The van der Waals surface area contributed by atoms with Gasteiger partial charge in [0, 0.05) is 29.7 Å². The van der Waals surface area contributed by atoms with E-state index in [1.165, 1.54) is 0 Å². The molecule has 7 nitrogen and oxygen atoms in total. The summed E-state index contributed by atoms with van der Waals surface area (Å²) in [4.78, 5) is 21.5. The van der Waals surface area contributed by atoms with Crippen LogP contribution in [0, 0.1) is 13.8 Å². The smallest absolute Gasteiger partial charge is 0.257 e. The molecule has 2 aromatic carbocycles. The number of rotatable bonds is 4. The second kappa shape index (κ2) is 9.30. The number of benzene rings is 2. The van der Waals surface area contributed by atoms with E-state index in [2.05, 4.69) is 20.6 Å². The van der Waals surface area contributed by atoms with Crippen molar-refractivity contribution in [2.24, 2.45) is 4.99 Å². The fourth-order valence-electron chi connectivity index (χ4n) is 3.09. The Bertz CT molecular complexity index is 1110. The molecule has 4 rings (SSSR count). The maximum atomic E-state index is 12.9. The summed E-state index contributed by atoms with van der Waals surface area (Å²) in [7, 11) is 0. The lowest BCUT2D eigenvalue weighted by Crippen LogP contribution is -2.36. The van der Waals surface area contributed by atoms with E-state index >= 15 is 0 Å². The van der Waals surface area contributed by atoms with Crippen LogP contribution in [0.15, 0.2) is 65.9 Å². The Labute approximate surface area is 181 Å². The summed E-state index contributed by atoms with van der Waals surface area (Å²) in [5.74, 6) is 1.47. The van der Waals surface area contributed by atoms with Crippen LogP contribution in [0.4, 0.5) is 5.69 Å². The third-order valence-corrected chi connectivity index (χ3v) is 4.98. The highest BCUT2D eigenvalue weighted by molar-refractivity contribution is 6.10. The lowest BCUT2D eigenvalue weighted by atomic mass is 10.1. The maximum Gasteiger partial charge on any atom is 0.257 e. The van der Waals surface area contributed by atoms with Crippen molar-refractivity contribution in [3.63, 3.8) is 0 Å². The zero-order chi connectivity index (χ0) is 21.6. The zero-order valence-electron chi connectivity index (χ0n) is 17.5. The van der Waals surface area contributed by atoms with Crippen molar-refractivity contribution in [3.05, 3.63) is 83.2 Å². The molecule has 0 saturated heterocycles. The van der Waals surface area contributed by atoms with Gasteiger partial charge in [0.05, 0.1) is 6.54 Å². The Morgan fingerprint density at radius 1 is 0.968 bits per heavy atom. The Balaban J connectivity index is 1.56. The van der Waals surface area contributed by atoms with Gasteiger partial charge in [0.25, 0.3) is 5.91 Å². The Kier molecular flexibility index (Phi) is 6.12. The normalized spacial score (nSPS) is 12.9. The van der Waals surface area contributed by atoms with Crippen LogP contribution in [0.3, 0.4) is 0 Å². The first-order chi connectivity index (χ1) is 15.1. The molecule has 0 spiro atoms. The summed E-state index contributed by atoms with van der Waals surface area (Å²) in [6, 6.07) is 14.9. The van der Waals surface area contributed by atoms with Crippen molar-refractivity contribution in [1.82, 2.24) is 10.3 Å². The van der Waals surface area contributed by atoms with Crippen LogP contribution in [0.25, 0.3) is 0 Å². The molecule has 31 heavy (non-hydrogen) atoms. The van der Waals surface area contributed by atoms with Crippen LogP contribution >= 0.6 is 0 Å². The van der Waals surface area contributed by atoms with E-state index in [0.29, 0.717) is 42.8 Å². The summed E-state index contributed by atoms with van der Waals surface area (Å²) in [6.45, 7) is 5.43. The summed E-state index contributed by atoms with van der Waals surface area (Å²) in [5, 5.41) is 6.08. The first kappa shape index (κ1) is 20.4. The monoisotopic (exact) mass is 416 g/mol. The minimum absolute atomic E-state index is 0.235. The lowest BCUT2D eigenvalue weighted by Gasteiger charge is -2.19. The molecule has 0 radical (unpaired) electrons. The van der Waals surface area contributed by atoms with E-state index in [1.807, 2.05) is 62.4 Å². The molecule has 0 fully saturated rings. The van der Waals surface area contributed by atoms with Gasteiger partial charge >= 0.3 is 0 Å². The van der Waals surface area contributed by atoms with Gasteiger partial charge in [-0.1, -0.05) is 6.07 Å². The SMILES string of the molecule is Cc1ccc(C(=O)NC(=NCc2ccncc2)Nc2ccc3c(c2)OCCO3)cc1C. The third-order valence-electron chi connectivity index (χ3n) is 4.98. The number of nitrogens with one attached hydrogen (secondary N) is 2. The van der Waals surface area contributed by atoms with Crippen LogP contribution in [0.2, 0.25) is 0 Å². The molecule has 0 bridgehead atoms. The van der Waals surface area contributed by atoms with Gasteiger partial charge in [-0.15, -0.1) is 0 Å². The molecule has 0 saturated carbocycles. The molecule has 1 aliphatic heterocycles.